The molecule has 0 aromatic heterocycles. The monoisotopic (exact) mass is 418 g/mol. The van der Waals surface area contributed by atoms with E-state index in [-0.39, 0.29) is 5.91 Å². The topological polar surface area (TPSA) is 50.8 Å². The van der Waals surface area contributed by atoms with Gasteiger partial charge in [0.2, 0.25) is 0 Å². The highest BCUT2D eigenvalue weighted by atomic mass is 32.1. The van der Waals surface area contributed by atoms with Crippen LogP contribution >= 0.6 is 12.2 Å². The van der Waals surface area contributed by atoms with E-state index in [0.29, 0.717) is 35.5 Å². The van der Waals surface area contributed by atoms with Crippen LogP contribution in [0.1, 0.15) is 18.1 Å². The average molecular weight is 419 g/mol. The van der Waals surface area contributed by atoms with Crippen LogP contribution in [0.25, 0.3) is 16.8 Å². The number of ether oxygens (including phenoxy) is 2. The molecule has 0 bridgehead atoms. The molecule has 0 aliphatic carbocycles. The van der Waals surface area contributed by atoms with E-state index < -0.39 is 0 Å². The van der Waals surface area contributed by atoms with Crippen LogP contribution in [0.5, 0.6) is 11.5 Å². The van der Waals surface area contributed by atoms with Crippen molar-refractivity contribution < 1.29 is 14.3 Å². The summed E-state index contributed by atoms with van der Waals surface area (Å²) in [4.78, 5) is 13.9. The molecule has 0 unspecified atom stereocenters. The highest BCUT2D eigenvalue weighted by molar-refractivity contribution is 7.80. The van der Waals surface area contributed by atoms with Crippen molar-refractivity contribution in [3.05, 3.63) is 77.5 Å². The minimum Gasteiger partial charge on any atom is -0.493 e. The van der Waals surface area contributed by atoms with Gasteiger partial charge in [-0.2, -0.15) is 0 Å². The Morgan fingerprint density at radius 1 is 1.07 bits per heavy atom. The number of thiocarbonyl (C=S) groups is 1. The SMILES string of the molecule is CCN1C(=O)/C(=C/c2ccc(OCc3cccc4ccccc34)c(OC)c2)NC1=S. The lowest BCUT2D eigenvalue weighted by molar-refractivity contribution is -0.122. The summed E-state index contributed by atoms with van der Waals surface area (Å²) < 4.78 is 11.6. The molecule has 1 N–H and O–H groups in total. The molecule has 6 heteroatoms. The lowest BCUT2D eigenvalue weighted by Crippen LogP contribution is -2.30. The second-order valence-corrected chi connectivity index (χ2v) is 7.26. The highest BCUT2D eigenvalue weighted by Gasteiger charge is 2.29. The maximum atomic E-state index is 12.4. The molecule has 0 spiro atoms. The number of likely N-dealkylation sites (N-methyl/N-ethyl adjacent to an activating group) is 1. The van der Waals surface area contributed by atoms with Crippen LogP contribution in [0.3, 0.4) is 0 Å². The largest absolute Gasteiger partial charge is 0.493 e. The molecule has 4 rings (SSSR count). The molecule has 1 amide bonds. The minimum atomic E-state index is -0.127. The third-order valence-corrected chi connectivity index (χ3v) is 5.36. The zero-order valence-electron chi connectivity index (χ0n) is 16.8. The third kappa shape index (κ3) is 3.86. The highest BCUT2D eigenvalue weighted by Crippen LogP contribution is 2.31. The van der Waals surface area contributed by atoms with Gasteiger partial charge in [0.1, 0.15) is 12.3 Å². The van der Waals surface area contributed by atoms with E-state index in [1.54, 1.807) is 13.2 Å². The minimum absolute atomic E-state index is 0.127. The molecule has 5 nitrogen and oxygen atoms in total. The van der Waals surface area contributed by atoms with Crippen LogP contribution in [0, 0.1) is 0 Å². The van der Waals surface area contributed by atoms with E-state index >= 15 is 0 Å². The molecule has 30 heavy (non-hydrogen) atoms. The number of benzene rings is 3. The smallest absolute Gasteiger partial charge is 0.276 e. The van der Waals surface area contributed by atoms with Gasteiger partial charge in [0, 0.05) is 6.54 Å². The molecule has 3 aromatic rings. The fourth-order valence-electron chi connectivity index (χ4n) is 3.49. The number of rotatable bonds is 6. The number of hydrogen-bond donors (Lipinski definition) is 1. The van der Waals surface area contributed by atoms with Gasteiger partial charge in [-0.05, 0) is 59.2 Å². The van der Waals surface area contributed by atoms with Crippen LogP contribution in [-0.4, -0.2) is 29.6 Å². The molecular formula is C24H22N2O3S. The Morgan fingerprint density at radius 2 is 1.87 bits per heavy atom. The fourth-order valence-corrected chi connectivity index (χ4v) is 3.81. The Labute approximate surface area is 180 Å². The predicted molar refractivity (Wildman–Crippen MR) is 122 cm³/mol. The molecule has 0 radical (unpaired) electrons. The maximum Gasteiger partial charge on any atom is 0.276 e. The number of hydrogen-bond acceptors (Lipinski definition) is 4. The summed E-state index contributed by atoms with van der Waals surface area (Å²) >= 11 is 5.20. The molecule has 1 saturated heterocycles. The zero-order valence-corrected chi connectivity index (χ0v) is 17.7. The zero-order chi connectivity index (χ0) is 21.1. The van der Waals surface area contributed by atoms with Crippen molar-refractivity contribution in [1.29, 1.82) is 0 Å². The van der Waals surface area contributed by atoms with Crippen LogP contribution in [-0.2, 0) is 11.4 Å². The van der Waals surface area contributed by atoms with Crippen molar-refractivity contribution in [3.8, 4) is 11.5 Å². The van der Waals surface area contributed by atoms with Gasteiger partial charge in [0.25, 0.3) is 5.91 Å². The van der Waals surface area contributed by atoms with Crippen molar-refractivity contribution in [1.82, 2.24) is 10.2 Å². The van der Waals surface area contributed by atoms with E-state index in [1.165, 1.54) is 15.7 Å². The van der Waals surface area contributed by atoms with Crippen LogP contribution < -0.4 is 14.8 Å². The van der Waals surface area contributed by atoms with Crippen molar-refractivity contribution in [2.24, 2.45) is 0 Å². The van der Waals surface area contributed by atoms with E-state index in [2.05, 4.69) is 29.6 Å². The van der Waals surface area contributed by atoms with Gasteiger partial charge in [-0.15, -0.1) is 0 Å². The summed E-state index contributed by atoms with van der Waals surface area (Å²) in [7, 11) is 1.60. The molecule has 3 aromatic carbocycles. The van der Waals surface area contributed by atoms with E-state index in [9.17, 15) is 4.79 Å². The van der Waals surface area contributed by atoms with Gasteiger partial charge >= 0.3 is 0 Å². The Hall–Kier alpha value is -3.38. The predicted octanol–water partition coefficient (Wildman–Crippen LogP) is 4.50. The van der Waals surface area contributed by atoms with Crippen LogP contribution in [0.15, 0.2) is 66.4 Å². The summed E-state index contributed by atoms with van der Waals surface area (Å²) in [6.07, 6.45) is 1.77. The quantitative estimate of drug-likeness (QED) is 0.472. The standard InChI is InChI=1S/C24H22N2O3S/c1-3-26-23(27)20(25-24(26)30)13-16-11-12-21(22(14-16)28-2)29-15-18-9-6-8-17-7-4-5-10-19(17)18/h4-14H,3,15H2,1-2H3,(H,25,30)/b20-13-. The van der Waals surface area contributed by atoms with Crippen molar-refractivity contribution in [2.75, 3.05) is 13.7 Å². The molecule has 1 aliphatic heterocycles. The Balaban J connectivity index is 1.55. The number of fused-ring (bicyclic) bond motifs is 1. The second-order valence-electron chi connectivity index (χ2n) is 6.87. The lowest BCUT2D eigenvalue weighted by atomic mass is 10.1. The number of nitrogens with one attached hydrogen (secondary N) is 1. The summed E-state index contributed by atoms with van der Waals surface area (Å²) in [5.41, 5.74) is 2.38. The Morgan fingerprint density at radius 3 is 2.63 bits per heavy atom. The number of carbonyl (C=O) groups excluding carboxylic acids is 1. The first-order chi connectivity index (χ1) is 14.6. The summed E-state index contributed by atoms with van der Waals surface area (Å²) in [6.45, 7) is 2.85. The number of nitrogens with zero attached hydrogens (tertiary/aromatic N) is 1. The van der Waals surface area contributed by atoms with Gasteiger partial charge in [-0.1, -0.05) is 48.5 Å². The fraction of sp³-hybridized carbons (Fsp3) is 0.167. The van der Waals surface area contributed by atoms with E-state index in [1.807, 2.05) is 43.3 Å². The normalized spacial score (nSPS) is 15.0. The second kappa shape index (κ2) is 8.55. The summed E-state index contributed by atoms with van der Waals surface area (Å²) in [6, 6.07) is 20.0. The van der Waals surface area contributed by atoms with Crippen molar-refractivity contribution >= 4 is 40.1 Å². The average Bonchev–Trinajstić information content (AvgIpc) is 3.04. The number of methoxy groups -OCH3 is 1. The van der Waals surface area contributed by atoms with Gasteiger partial charge in [-0.3, -0.25) is 9.69 Å². The Kier molecular flexibility index (Phi) is 5.68. The molecule has 0 atom stereocenters. The van der Waals surface area contributed by atoms with E-state index in [4.69, 9.17) is 21.7 Å². The lowest BCUT2D eigenvalue weighted by Gasteiger charge is -2.13. The first kappa shape index (κ1) is 19.9. The molecule has 1 aliphatic rings. The Bertz CT molecular complexity index is 1150. The van der Waals surface area contributed by atoms with Gasteiger partial charge in [-0.25, -0.2) is 0 Å². The number of amides is 1. The molecule has 1 heterocycles. The van der Waals surface area contributed by atoms with Gasteiger partial charge in [0.05, 0.1) is 7.11 Å². The van der Waals surface area contributed by atoms with Crippen molar-refractivity contribution in [3.63, 3.8) is 0 Å². The van der Waals surface area contributed by atoms with Crippen molar-refractivity contribution in [2.45, 2.75) is 13.5 Å². The van der Waals surface area contributed by atoms with Crippen LogP contribution in [0.2, 0.25) is 0 Å². The maximum absolute atomic E-state index is 12.4. The summed E-state index contributed by atoms with van der Waals surface area (Å²) in [5.74, 6) is 1.12. The first-order valence-electron chi connectivity index (χ1n) is 9.72. The first-order valence-corrected chi connectivity index (χ1v) is 10.1. The molecule has 1 fully saturated rings. The van der Waals surface area contributed by atoms with E-state index in [0.717, 1.165) is 11.1 Å². The van der Waals surface area contributed by atoms with Crippen LogP contribution in [0.4, 0.5) is 0 Å². The summed E-state index contributed by atoms with van der Waals surface area (Å²) in [5, 5.41) is 5.74. The van der Waals surface area contributed by atoms with Gasteiger partial charge < -0.3 is 14.8 Å². The number of carbonyl (C=O) groups is 1. The van der Waals surface area contributed by atoms with Gasteiger partial charge in [0.15, 0.2) is 16.6 Å². The third-order valence-electron chi connectivity index (χ3n) is 5.04. The molecular weight excluding hydrogens is 396 g/mol. The molecule has 152 valence electrons. The molecule has 0 saturated carbocycles.